The summed E-state index contributed by atoms with van der Waals surface area (Å²) in [6.45, 7) is 2.54. The maximum atomic E-state index is 13.7. The molecule has 0 heterocycles. The quantitative estimate of drug-likeness (QED) is 0.579. The first-order chi connectivity index (χ1) is 7.29. The molecule has 0 spiro atoms. The first-order valence-electron chi connectivity index (χ1n) is 4.58. The van der Waals surface area contributed by atoms with Crippen molar-refractivity contribution in [2.24, 2.45) is 0 Å². The van der Waals surface area contributed by atoms with E-state index in [9.17, 15) is 18.9 Å². The second-order valence-electron chi connectivity index (χ2n) is 3.73. The van der Waals surface area contributed by atoms with Crippen molar-refractivity contribution in [3.05, 3.63) is 32.9 Å². The van der Waals surface area contributed by atoms with Crippen LogP contribution in [0.25, 0.3) is 0 Å². The third-order valence-corrected chi connectivity index (χ3v) is 2.41. The van der Waals surface area contributed by atoms with Gasteiger partial charge in [-0.15, -0.1) is 0 Å². The topological polar surface area (TPSA) is 46.4 Å². The number of nitrogens with zero attached hydrogens (tertiary/aromatic N) is 2. The fourth-order valence-corrected chi connectivity index (χ4v) is 1.61. The van der Waals surface area contributed by atoms with Gasteiger partial charge in [-0.25, -0.2) is 8.78 Å². The highest BCUT2D eigenvalue weighted by Gasteiger charge is 2.27. The van der Waals surface area contributed by atoms with Gasteiger partial charge in [0.1, 0.15) is 5.69 Å². The molecule has 0 radical (unpaired) electrons. The summed E-state index contributed by atoms with van der Waals surface area (Å²) in [5, 5.41) is 10.7. The van der Waals surface area contributed by atoms with Crippen LogP contribution in [-0.4, -0.2) is 19.0 Å². The van der Waals surface area contributed by atoms with Crippen molar-refractivity contribution in [2.45, 2.75) is 13.8 Å². The molecule has 16 heavy (non-hydrogen) atoms. The summed E-state index contributed by atoms with van der Waals surface area (Å²) in [5.41, 5.74) is -1.04. The highest BCUT2D eigenvalue weighted by Crippen LogP contribution is 2.35. The number of nitro benzene ring substituents is 1. The van der Waals surface area contributed by atoms with Crippen LogP contribution in [0.1, 0.15) is 11.1 Å². The summed E-state index contributed by atoms with van der Waals surface area (Å²) >= 11 is 0. The smallest absolute Gasteiger partial charge is 0.281 e. The van der Waals surface area contributed by atoms with Gasteiger partial charge in [-0.2, -0.15) is 0 Å². The molecule has 4 nitrogen and oxygen atoms in total. The van der Waals surface area contributed by atoms with Crippen molar-refractivity contribution < 1.29 is 13.7 Å². The minimum absolute atomic E-state index is 0.146. The molecule has 1 aromatic carbocycles. The van der Waals surface area contributed by atoms with E-state index < -0.39 is 22.2 Å². The second kappa shape index (κ2) is 4.03. The molecule has 6 heteroatoms. The molecule has 1 rings (SSSR count). The third-order valence-electron chi connectivity index (χ3n) is 2.41. The minimum Gasteiger partial charge on any atom is -0.373 e. The van der Waals surface area contributed by atoms with E-state index >= 15 is 0 Å². The van der Waals surface area contributed by atoms with Crippen molar-refractivity contribution in [3.63, 3.8) is 0 Å². The largest absolute Gasteiger partial charge is 0.373 e. The van der Waals surface area contributed by atoms with Crippen LogP contribution in [0, 0.1) is 35.6 Å². The summed E-state index contributed by atoms with van der Waals surface area (Å²) in [6.07, 6.45) is 0. The maximum Gasteiger partial charge on any atom is 0.281 e. The number of nitro groups is 1. The lowest BCUT2D eigenvalue weighted by Crippen LogP contribution is -2.15. The molecule has 0 unspecified atom stereocenters. The number of benzene rings is 1. The van der Waals surface area contributed by atoms with E-state index in [4.69, 9.17) is 0 Å². The zero-order valence-electron chi connectivity index (χ0n) is 9.47. The Morgan fingerprint density at radius 1 is 1.12 bits per heavy atom. The number of anilines is 1. The van der Waals surface area contributed by atoms with E-state index in [2.05, 4.69) is 0 Å². The molecular formula is C10H12F2N2O2. The lowest BCUT2D eigenvalue weighted by atomic mass is 10.1. The predicted molar refractivity (Wildman–Crippen MR) is 56.8 cm³/mol. The maximum absolute atomic E-state index is 13.7. The summed E-state index contributed by atoms with van der Waals surface area (Å²) < 4.78 is 27.5. The standard InChI is InChI=1S/C10H12F2N2O2/c1-5-7(11)10(13(3)4)8(12)6(2)9(5)14(15)16/h1-4H3. The van der Waals surface area contributed by atoms with Crippen molar-refractivity contribution >= 4 is 11.4 Å². The molecule has 0 saturated heterocycles. The fraction of sp³-hybridized carbons (Fsp3) is 0.400. The molecule has 88 valence electrons. The highest BCUT2D eigenvalue weighted by atomic mass is 19.1. The van der Waals surface area contributed by atoms with Gasteiger partial charge in [0, 0.05) is 14.1 Å². The Balaban J connectivity index is 3.70. The van der Waals surface area contributed by atoms with Crippen LogP contribution in [0.5, 0.6) is 0 Å². The Morgan fingerprint density at radius 3 is 1.75 bits per heavy atom. The first kappa shape index (κ1) is 12.4. The van der Waals surface area contributed by atoms with Crippen LogP contribution >= 0.6 is 0 Å². The third kappa shape index (κ3) is 1.70. The average Bonchev–Trinajstić information content (AvgIpc) is 2.14. The van der Waals surface area contributed by atoms with E-state index in [1.165, 1.54) is 32.8 Å². The molecule has 0 N–H and O–H groups in total. The summed E-state index contributed by atoms with van der Waals surface area (Å²) in [5.74, 6) is -1.78. The van der Waals surface area contributed by atoms with Gasteiger partial charge in [0.2, 0.25) is 0 Å². The lowest BCUT2D eigenvalue weighted by Gasteiger charge is -2.17. The van der Waals surface area contributed by atoms with E-state index in [1.54, 1.807) is 0 Å². The van der Waals surface area contributed by atoms with E-state index in [1.807, 2.05) is 0 Å². The number of hydrogen-bond donors (Lipinski definition) is 0. The molecule has 0 amide bonds. The van der Waals surface area contributed by atoms with Crippen molar-refractivity contribution in [3.8, 4) is 0 Å². The van der Waals surface area contributed by atoms with Gasteiger partial charge in [0.25, 0.3) is 5.69 Å². The minimum atomic E-state index is -0.889. The predicted octanol–water partition coefficient (Wildman–Crippen LogP) is 2.56. The second-order valence-corrected chi connectivity index (χ2v) is 3.73. The van der Waals surface area contributed by atoms with Crippen LogP contribution in [-0.2, 0) is 0 Å². The van der Waals surface area contributed by atoms with Crippen LogP contribution in [0.3, 0.4) is 0 Å². The zero-order valence-corrected chi connectivity index (χ0v) is 9.47. The molecule has 0 bridgehead atoms. The Hall–Kier alpha value is -1.72. The van der Waals surface area contributed by atoms with Crippen molar-refractivity contribution in [1.82, 2.24) is 0 Å². The van der Waals surface area contributed by atoms with Gasteiger partial charge in [-0.1, -0.05) is 0 Å². The van der Waals surface area contributed by atoms with Gasteiger partial charge < -0.3 is 4.90 Å². The number of hydrogen-bond acceptors (Lipinski definition) is 3. The van der Waals surface area contributed by atoms with Gasteiger partial charge >= 0.3 is 0 Å². The first-order valence-corrected chi connectivity index (χ1v) is 4.58. The van der Waals surface area contributed by atoms with Crippen LogP contribution < -0.4 is 4.90 Å². The Morgan fingerprint density at radius 2 is 1.50 bits per heavy atom. The molecule has 0 aliphatic carbocycles. The highest BCUT2D eigenvalue weighted by molar-refractivity contribution is 5.61. The Kier molecular flexibility index (Phi) is 3.11. The molecule has 0 fully saturated rings. The molecule has 0 aromatic heterocycles. The van der Waals surface area contributed by atoms with Crippen LogP contribution in [0.4, 0.5) is 20.2 Å². The van der Waals surface area contributed by atoms with Crippen molar-refractivity contribution in [1.29, 1.82) is 0 Å². The molecule has 0 aliphatic rings. The molecule has 1 aromatic rings. The van der Waals surface area contributed by atoms with Crippen LogP contribution in [0.2, 0.25) is 0 Å². The fourth-order valence-electron chi connectivity index (χ4n) is 1.61. The van der Waals surface area contributed by atoms with E-state index in [0.29, 0.717) is 0 Å². The molecule has 0 atom stereocenters. The van der Waals surface area contributed by atoms with Crippen molar-refractivity contribution in [2.75, 3.05) is 19.0 Å². The van der Waals surface area contributed by atoms with Gasteiger partial charge in [0.15, 0.2) is 11.6 Å². The van der Waals surface area contributed by atoms with Gasteiger partial charge in [0.05, 0.1) is 16.1 Å². The average molecular weight is 230 g/mol. The lowest BCUT2D eigenvalue weighted by molar-refractivity contribution is -0.386. The van der Waals surface area contributed by atoms with Gasteiger partial charge in [-0.05, 0) is 13.8 Å². The van der Waals surface area contributed by atoms with Crippen LogP contribution in [0.15, 0.2) is 0 Å². The number of halogens is 2. The Bertz CT molecular complexity index is 430. The molecular weight excluding hydrogens is 218 g/mol. The SMILES string of the molecule is Cc1c(F)c(N(C)C)c(F)c(C)c1[N+](=O)[O-]. The van der Waals surface area contributed by atoms with Gasteiger partial charge in [-0.3, -0.25) is 10.1 Å². The van der Waals surface area contributed by atoms with E-state index in [0.717, 1.165) is 0 Å². The summed E-state index contributed by atoms with van der Waals surface area (Å²) in [6, 6.07) is 0. The Labute approximate surface area is 91.6 Å². The van der Waals surface area contributed by atoms with E-state index in [-0.39, 0.29) is 16.8 Å². The summed E-state index contributed by atoms with van der Waals surface area (Å²) in [7, 11) is 2.96. The summed E-state index contributed by atoms with van der Waals surface area (Å²) in [4.78, 5) is 11.2. The molecule has 0 saturated carbocycles. The molecule has 0 aliphatic heterocycles. The zero-order chi connectivity index (χ0) is 12.6. The number of rotatable bonds is 2. The normalized spacial score (nSPS) is 10.4. The monoisotopic (exact) mass is 230 g/mol.